The molecule has 2 aromatic carbocycles. The summed E-state index contributed by atoms with van der Waals surface area (Å²) in [4.78, 5) is 12.0. The molecule has 0 aromatic heterocycles. The van der Waals surface area contributed by atoms with Gasteiger partial charge in [-0.05, 0) is 24.3 Å². The largest absolute Gasteiger partial charge is 0.573 e. The van der Waals surface area contributed by atoms with Gasteiger partial charge in [0, 0.05) is 17.1 Å². The summed E-state index contributed by atoms with van der Waals surface area (Å²) in [5.74, 6) is 0.0102. The summed E-state index contributed by atoms with van der Waals surface area (Å²) in [5.41, 5.74) is 0.500. The lowest BCUT2D eigenvalue weighted by molar-refractivity contribution is -0.274. The number of urea groups is 1. The zero-order valence-corrected chi connectivity index (χ0v) is 13.7. The molecule has 0 heterocycles. The van der Waals surface area contributed by atoms with Crippen molar-refractivity contribution in [2.75, 3.05) is 12.4 Å². The minimum absolute atomic E-state index is 0.166. The Morgan fingerprint density at radius 3 is 2.56 bits per heavy atom. The number of halogens is 4. The van der Waals surface area contributed by atoms with E-state index in [4.69, 9.17) is 16.3 Å². The molecule has 9 heteroatoms. The Bertz CT molecular complexity index is 754. The highest BCUT2D eigenvalue weighted by Crippen LogP contribution is 2.28. The molecule has 0 saturated carbocycles. The van der Waals surface area contributed by atoms with Gasteiger partial charge in [0.1, 0.15) is 11.5 Å². The van der Waals surface area contributed by atoms with Gasteiger partial charge in [0.15, 0.2) is 0 Å². The third-order valence-electron chi connectivity index (χ3n) is 3.05. The van der Waals surface area contributed by atoms with Gasteiger partial charge in [-0.2, -0.15) is 0 Å². The third kappa shape index (κ3) is 5.75. The maximum atomic E-state index is 12.4. The molecule has 2 N–H and O–H groups in total. The van der Waals surface area contributed by atoms with E-state index >= 15 is 0 Å². The van der Waals surface area contributed by atoms with E-state index in [0.717, 1.165) is 0 Å². The summed E-state index contributed by atoms with van der Waals surface area (Å²) in [6, 6.07) is 9.55. The van der Waals surface area contributed by atoms with Gasteiger partial charge in [-0.25, -0.2) is 4.79 Å². The highest BCUT2D eigenvalue weighted by Gasteiger charge is 2.31. The Morgan fingerprint density at radius 2 is 1.88 bits per heavy atom. The van der Waals surface area contributed by atoms with E-state index in [1.165, 1.54) is 37.4 Å². The van der Waals surface area contributed by atoms with Gasteiger partial charge in [-0.15, -0.1) is 13.2 Å². The van der Waals surface area contributed by atoms with Gasteiger partial charge in [0.2, 0.25) is 0 Å². The summed E-state index contributed by atoms with van der Waals surface area (Å²) in [6.45, 7) is -0.166. The molecular formula is C16H14ClF3N2O3. The first-order valence-corrected chi connectivity index (χ1v) is 7.38. The molecule has 2 aromatic rings. The number of carbonyl (C=O) groups excluding carboxylic acids is 1. The lowest BCUT2D eigenvalue weighted by Crippen LogP contribution is -2.29. The van der Waals surface area contributed by atoms with E-state index in [1.807, 2.05) is 0 Å². The molecule has 0 saturated heterocycles. The molecule has 0 aliphatic rings. The van der Waals surface area contributed by atoms with Crippen molar-refractivity contribution in [1.29, 1.82) is 0 Å². The van der Waals surface area contributed by atoms with Crippen LogP contribution in [0.2, 0.25) is 5.02 Å². The fourth-order valence-corrected chi connectivity index (χ4v) is 2.17. The zero-order valence-electron chi connectivity index (χ0n) is 13.0. The van der Waals surface area contributed by atoms with E-state index in [0.29, 0.717) is 16.5 Å². The molecule has 0 aliphatic heterocycles. The van der Waals surface area contributed by atoms with Gasteiger partial charge >= 0.3 is 12.4 Å². The van der Waals surface area contributed by atoms with Crippen molar-refractivity contribution in [1.82, 2.24) is 5.32 Å². The van der Waals surface area contributed by atoms with E-state index in [1.54, 1.807) is 12.1 Å². The van der Waals surface area contributed by atoms with Crippen molar-refractivity contribution in [3.63, 3.8) is 0 Å². The Morgan fingerprint density at radius 1 is 1.16 bits per heavy atom. The average molecular weight is 375 g/mol. The van der Waals surface area contributed by atoms with Crippen LogP contribution in [0.1, 0.15) is 5.56 Å². The maximum Gasteiger partial charge on any atom is 0.573 e. The molecule has 2 rings (SSSR count). The topological polar surface area (TPSA) is 59.6 Å². The van der Waals surface area contributed by atoms with Crippen molar-refractivity contribution >= 4 is 23.3 Å². The van der Waals surface area contributed by atoms with Crippen molar-refractivity contribution in [3.05, 3.63) is 53.1 Å². The van der Waals surface area contributed by atoms with Crippen LogP contribution < -0.4 is 20.1 Å². The summed E-state index contributed by atoms with van der Waals surface area (Å²) >= 11 is 5.86. The summed E-state index contributed by atoms with van der Waals surface area (Å²) in [6.07, 6.45) is -4.81. The Hall–Kier alpha value is -2.61. The number of carbonyl (C=O) groups is 1. The number of ether oxygens (including phenoxy) is 2. The molecule has 0 fully saturated rings. The van der Waals surface area contributed by atoms with Gasteiger partial charge in [-0.3, -0.25) is 0 Å². The number of hydrogen-bond acceptors (Lipinski definition) is 3. The summed E-state index contributed by atoms with van der Waals surface area (Å²) in [5, 5.41) is 5.35. The van der Waals surface area contributed by atoms with Crippen molar-refractivity contribution in [2.24, 2.45) is 0 Å². The van der Waals surface area contributed by atoms with Crippen LogP contribution >= 0.6 is 11.6 Å². The fourth-order valence-electron chi connectivity index (χ4n) is 1.99. The van der Waals surface area contributed by atoms with Gasteiger partial charge in [-0.1, -0.05) is 29.8 Å². The molecule has 25 heavy (non-hydrogen) atoms. The molecular weight excluding hydrogens is 361 g/mol. The monoisotopic (exact) mass is 374 g/mol. The quantitative estimate of drug-likeness (QED) is 0.806. The molecule has 0 atom stereocenters. The summed E-state index contributed by atoms with van der Waals surface area (Å²) in [7, 11) is 1.43. The second kappa shape index (κ2) is 7.98. The van der Waals surface area contributed by atoms with Crippen LogP contribution in [0.25, 0.3) is 0 Å². The fraction of sp³-hybridized carbons (Fsp3) is 0.188. The predicted octanol–water partition coefficient (Wildman–Crippen LogP) is 4.57. The number of nitrogens with one attached hydrogen (secondary N) is 2. The lowest BCUT2D eigenvalue weighted by Gasteiger charge is -2.14. The molecule has 0 unspecified atom stereocenters. The average Bonchev–Trinajstić information content (AvgIpc) is 2.53. The van der Waals surface area contributed by atoms with Crippen LogP contribution in [0.3, 0.4) is 0 Å². The van der Waals surface area contributed by atoms with Crippen molar-refractivity contribution < 1.29 is 27.4 Å². The number of methoxy groups -OCH3 is 1. The van der Waals surface area contributed by atoms with Gasteiger partial charge in [0.25, 0.3) is 0 Å². The highest BCUT2D eigenvalue weighted by atomic mass is 35.5. The Kier molecular flexibility index (Phi) is 5.97. The van der Waals surface area contributed by atoms with Crippen LogP contribution in [0.5, 0.6) is 11.5 Å². The second-order valence-corrected chi connectivity index (χ2v) is 5.24. The van der Waals surface area contributed by atoms with E-state index in [2.05, 4.69) is 15.4 Å². The third-order valence-corrected chi connectivity index (χ3v) is 3.28. The second-order valence-electron chi connectivity index (χ2n) is 4.81. The number of rotatable bonds is 5. The van der Waals surface area contributed by atoms with E-state index in [9.17, 15) is 18.0 Å². The molecule has 134 valence electrons. The number of benzene rings is 2. The van der Waals surface area contributed by atoms with Gasteiger partial charge in [0.05, 0.1) is 12.8 Å². The molecule has 5 nitrogen and oxygen atoms in total. The van der Waals surface area contributed by atoms with Crippen LogP contribution in [-0.2, 0) is 6.54 Å². The zero-order chi connectivity index (χ0) is 18.4. The Balaban J connectivity index is 2.03. The van der Waals surface area contributed by atoms with E-state index < -0.39 is 12.4 Å². The van der Waals surface area contributed by atoms with Crippen LogP contribution in [0.4, 0.5) is 23.7 Å². The van der Waals surface area contributed by atoms with Crippen LogP contribution in [0, 0.1) is 0 Å². The lowest BCUT2D eigenvalue weighted by atomic mass is 10.2. The Labute approximate surface area is 146 Å². The molecule has 2 amide bonds. The predicted molar refractivity (Wildman–Crippen MR) is 87.0 cm³/mol. The number of para-hydroxylation sites is 1. The first-order valence-electron chi connectivity index (χ1n) is 7.00. The van der Waals surface area contributed by atoms with E-state index in [-0.39, 0.29) is 17.9 Å². The first kappa shape index (κ1) is 18.7. The number of alkyl halides is 3. The summed E-state index contributed by atoms with van der Waals surface area (Å²) < 4.78 is 46.2. The minimum Gasteiger partial charge on any atom is -0.495 e. The SMILES string of the molecule is COc1ccc(Cl)cc1NC(=O)NCc1ccccc1OC(F)(F)F. The maximum absolute atomic E-state index is 12.4. The van der Waals surface area contributed by atoms with Crippen LogP contribution in [-0.4, -0.2) is 19.5 Å². The standard InChI is InChI=1S/C16H14ClF3N2O3/c1-24-14-7-6-11(17)8-12(14)22-15(23)21-9-10-4-2-3-5-13(10)25-16(18,19)20/h2-8H,9H2,1H3,(H2,21,22,23). The van der Waals surface area contributed by atoms with Crippen LogP contribution in [0.15, 0.2) is 42.5 Å². The smallest absolute Gasteiger partial charge is 0.495 e. The number of hydrogen-bond donors (Lipinski definition) is 2. The van der Waals surface area contributed by atoms with Gasteiger partial charge < -0.3 is 20.1 Å². The number of anilines is 1. The molecule has 0 spiro atoms. The van der Waals surface area contributed by atoms with Crippen molar-refractivity contribution in [2.45, 2.75) is 12.9 Å². The highest BCUT2D eigenvalue weighted by molar-refractivity contribution is 6.31. The normalized spacial score (nSPS) is 10.9. The molecule has 0 radical (unpaired) electrons. The molecule has 0 bridgehead atoms. The minimum atomic E-state index is -4.81. The van der Waals surface area contributed by atoms with Crippen molar-refractivity contribution in [3.8, 4) is 11.5 Å². The first-order chi connectivity index (χ1) is 11.8. The number of amides is 2. The molecule has 0 aliphatic carbocycles.